The maximum absolute atomic E-state index is 11.8. The van der Waals surface area contributed by atoms with E-state index in [1.54, 1.807) is 17.9 Å². The smallest absolute Gasteiger partial charge is 0.249 e. The average Bonchev–Trinajstić information content (AvgIpc) is 2.48. The molecule has 0 saturated carbocycles. The van der Waals surface area contributed by atoms with Crippen molar-refractivity contribution in [2.45, 2.75) is 31.5 Å². The van der Waals surface area contributed by atoms with Crippen molar-refractivity contribution in [3.05, 3.63) is 6.07 Å². The highest BCUT2D eigenvalue weighted by atomic mass is 32.2. The van der Waals surface area contributed by atoms with Crippen LogP contribution >= 0.6 is 11.8 Å². The van der Waals surface area contributed by atoms with Crippen molar-refractivity contribution in [1.29, 1.82) is 0 Å². The monoisotopic (exact) mass is 309 g/mol. The van der Waals surface area contributed by atoms with Gasteiger partial charge in [0.25, 0.3) is 0 Å². The van der Waals surface area contributed by atoms with Gasteiger partial charge in [-0.05, 0) is 19.6 Å². The minimum atomic E-state index is -0.439. The van der Waals surface area contributed by atoms with E-state index in [9.17, 15) is 9.59 Å². The van der Waals surface area contributed by atoms with Gasteiger partial charge in [-0.15, -0.1) is 0 Å². The molecule has 1 aliphatic heterocycles. The van der Waals surface area contributed by atoms with E-state index in [4.69, 9.17) is 0 Å². The number of nitrogens with one attached hydrogen (secondary N) is 2. The number of amides is 2. The quantitative estimate of drug-likeness (QED) is 0.474. The predicted octanol–water partition coefficient (Wildman–Crippen LogP) is 0.872. The molecule has 0 aliphatic carbocycles. The largest absolute Gasteiger partial charge is 0.370 e. The Morgan fingerprint density at radius 1 is 1.48 bits per heavy atom. The Morgan fingerprint density at radius 3 is 2.90 bits per heavy atom. The second kappa shape index (κ2) is 6.75. The van der Waals surface area contributed by atoms with Gasteiger partial charge < -0.3 is 10.2 Å². The van der Waals surface area contributed by atoms with E-state index < -0.39 is 6.04 Å². The molecule has 2 amide bonds. The second-order valence-electron chi connectivity index (χ2n) is 4.74. The van der Waals surface area contributed by atoms with Crippen LogP contribution in [0.15, 0.2) is 11.2 Å². The van der Waals surface area contributed by atoms with Crippen LogP contribution in [-0.2, 0) is 9.59 Å². The lowest BCUT2D eigenvalue weighted by molar-refractivity contribution is -0.132. The number of nitrogens with zero attached hydrogens (tertiary/aromatic N) is 3. The van der Waals surface area contributed by atoms with Crippen molar-refractivity contribution < 1.29 is 9.59 Å². The molecule has 2 N–H and O–H groups in total. The van der Waals surface area contributed by atoms with Gasteiger partial charge in [0.1, 0.15) is 17.7 Å². The molecule has 7 nitrogen and oxygen atoms in total. The van der Waals surface area contributed by atoms with E-state index >= 15 is 0 Å². The van der Waals surface area contributed by atoms with E-state index in [-0.39, 0.29) is 18.4 Å². The predicted molar refractivity (Wildman–Crippen MR) is 82.6 cm³/mol. The summed E-state index contributed by atoms with van der Waals surface area (Å²) in [4.78, 5) is 33.8. The molecule has 2 rings (SSSR count). The van der Waals surface area contributed by atoms with Crippen LogP contribution in [0.1, 0.15) is 20.3 Å². The van der Waals surface area contributed by atoms with Crippen LogP contribution in [0.4, 0.5) is 11.6 Å². The first-order valence-electron chi connectivity index (χ1n) is 6.82. The molecule has 1 aromatic rings. The third-order valence-electron chi connectivity index (χ3n) is 3.15. The Balaban J connectivity index is 2.32. The number of hydrogen-bond donors (Lipinski definition) is 2. The Hall–Kier alpha value is -1.83. The molecule has 8 heteroatoms. The second-order valence-corrected chi connectivity index (χ2v) is 5.51. The summed E-state index contributed by atoms with van der Waals surface area (Å²) in [5, 5.41) is 6.14. The van der Waals surface area contributed by atoms with E-state index in [2.05, 4.69) is 27.5 Å². The zero-order chi connectivity index (χ0) is 15.4. The number of hydrogen-bond acceptors (Lipinski definition) is 7. The maximum atomic E-state index is 11.8. The SMILES string of the molecule is CCCNc1cc(N2CC(=O)NC(=O)C2C)nc(SC)n1. The average molecular weight is 309 g/mol. The number of imide groups is 1. The van der Waals surface area contributed by atoms with Gasteiger partial charge in [0, 0.05) is 12.6 Å². The zero-order valence-corrected chi connectivity index (χ0v) is 13.2. The van der Waals surface area contributed by atoms with E-state index in [1.807, 2.05) is 6.26 Å². The summed E-state index contributed by atoms with van der Waals surface area (Å²) in [6.07, 6.45) is 2.87. The molecule has 0 aromatic carbocycles. The van der Waals surface area contributed by atoms with Crippen LogP contribution in [0, 0.1) is 0 Å². The molecule has 0 radical (unpaired) electrons. The zero-order valence-electron chi connectivity index (χ0n) is 12.3. The molecule has 1 aliphatic rings. The van der Waals surface area contributed by atoms with Crippen molar-refractivity contribution >= 4 is 35.2 Å². The van der Waals surface area contributed by atoms with Crippen molar-refractivity contribution in [2.75, 3.05) is 29.6 Å². The van der Waals surface area contributed by atoms with Crippen LogP contribution < -0.4 is 15.5 Å². The van der Waals surface area contributed by atoms with Crippen molar-refractivity contribution in [3.63, 3.8) is 0 Å². The maximum Gasteiger partial charge on any atom is 0.249 e. The molecular weight excluding hydrogens is 290 g/mol. The van der Waals surface area contributed by atoms with Gasteiger partial charge in [-0.3, -0.25) is 14.9 Å². The number of thioether (sulfide) groups is 1. The summed E-state index contributed by atoms with van der Waals surface area (Å²) in [5.74, 6) is 0.671. The summed E-state index contributed by atoms with van der Waals surface area (Å²) < 4.78 is 0. The number of carbonyl (C=O) groups is 2. The Morgan fingerprint density at radius 2 is 2.24 bits per heavy atom. The molecule has 1 unspecified atom stereocenters. The fourth-order valence-corrected chi connectivity index (χ4v) is 2.36. The van der Waals surface area contributed by atoms with Gasteiger partial charge in [0.2, 0.25) is 11.8 Å². The molecule has 114 valence electrons. The molecule has 0 spiro atoms. The Bertz CT molecular complexity index is 551. The number of anilines is 2. The standard InChI is InChI=1S/C13H19N5O2S/c1-4-5-14-9-6-10(16-13(15-9)21-3)18-7-11(19)17-12(20)8(18)2/h6,8H,4-5,7H2,1-3H3,(H,14,15,16)(H,17,19,20). The third kappa shape index (κ3) is 3.63. The lowest BCUT2D eigenvalue weighted by Gasteiger charge is -2.32. The highest BCUT2D eigenvalue weighted by Crippen LogP contribution is 2.23. The normalized spacial score (nSPS) is 18.6. The molecule has 0 bridgehead atoms. The molecular formula is C13H19N5O2S. The number of rotatable bonds is 5. The molecule has 1 saturated heterocycles. The lowest BCUT2D eigenvalue weighted by atomic mass is 10.2. The first kappa shape index (κ1) is 15.6. The summed E-state index contributed by atoms with van der Waals surface area (Å²) in [7, 11) is 0. The first-order valence-corrected chi connectivity index (χ1v) is 8.05. The molecule has 21 heavy (non-hydrogen) atoms. The van der Waals surface area contributed by atoms with Gasteiger partial charge >= 0.3 is 0 Å². The van der Waals surface area contributed by atoms with Crippen LogP contribution in [0.5, 0.6) is 0 Å². The molecule has 1 aromatic heterocycles. The summed E-state index contributed by atoms with van der Waals surface area (Å²) in [5.41, 5.74) is 0. The Kier molecular flexibility index (Phi) is 5.00. The highest BCUT2D eigenvalue weighted by Gasteiger charge is 2.31. The topological polar surface area (TPSA) is 87.2 Å². The van der Waals surface area contributed by atoms with Gasteiger partial charge in [-0.2, -0.15) is 0 Å². The van der Waals surface area contributed by atoms with Crippen LogP contribution in [0.25, 0.3) is 0 Å². The van der Waals surface area contributed by atoms with Gasteiger partial charge in [-0.25, -0.2) is 9.97 Å². The van der Waals surface area contributed by atoms with Gasteiger partial charge in [0.15, 0.2) is 5.16 Å². The minimum absolute atomic E-state index is 0.116. The summed E-state index contributed by atoms with van der Waals surface area (Å²) >= 11 is 1.42. The first-order chi connectivity index (χ1) is 10.0. The highest BCUT2D eigenvalue weighted by molar-refractivity contribution is 7.98. The van der Waals surface area contributed by atoms with E-state index in [0.717, 1.165) is 13.0 Å². The van der Waals surface area contributed by atoms with Crippen LogP contribution in [0.3, 0.4) is 0 Å². The fraction of sp³-hybridized carbons (Fsp3) is 0.538. The molecule has 1 fully saturated rings. The van der Waals surface area contributed by atoms with E-state index in [1.165, 1.54) is 11.8 Å². The van der Waals surface area contributed by atoms with Crippen molar-refractivity contribution in [1.82, 2.24) is 15.3 Å². The van der Waals surface area contributed by atoms with Crippen molar-refractivity contribution in [3.8, 4) is 0 Å². The summed E-state index contributed by atoms with van der Waals surface area (Å²) in [6.45, 7) is 4.74. The van der Waals surface area contributed by atoms with Gasteiger partial charge in [-0.1, -0.05) is 18.7 Å². The molecule has 2 heterocycles. The van der Waals surface area contributed by atoms with Crippen molar-refractivity contribution in [2.24, 2.45) is 0 Å². The van der Waals surface area contributed by atoms with Crippen LogP contribution in [0.2, 0.25) is 0 Å². The fourth-order valence-electron chi connectivity index (χ4n) is 1.99. The summed E-state index contributed by atoms with van der Waals surface area (Å²) in [6, 6.07) is 1.34. The third-order valence-corrected chi connectivity index (χ3v) is 3.70. The van der Waals surface area contributed by atoms with Gasteiger partial charge in [0.05, 0.1) is 6.54 Å². The van der Waals surface area contributed by atoms with Crippen LogP contribution in [-0.4, -0.2) is 47.2 Å². The number of carbonyl (C=O) groups excluding carboxylic acids is 2. The number of piperazine rings is 1. The molecule has 1 atom stereocenters. The van der Waals surface area contributed by atoms with E-state index in [0.29, 0.717) is 16.8 Å². The lowest BCUT2D eigenvalue weighted by Crippen LogP contribution is -2.57. The Labute approximate surface area is 127 Å². The minimum Gasteiger partial charge on any atom is -0.370 e. The number of aromatic nitrogens is 2.